The number of aromatic nitrogens is 4. The lowest BCUT2D eigenvalue weighted by molar-refractivity contribution is -0.145. The largest absolute Gasteiger partial charge is 0.449 e. The van der Waals surface area contributed by atoms with E-state index in [1.807, 2.05) is 37.9 Å². The van der Waals surface area contributed by atoms with Crippen LogP contribution < -0.4 is 5.56 Å². The van der Waals surface area contributed by atoms with Crippen molar-refractivity contribution in [3.05, 3.63) is 74.3 Å². The molecule has 158 valence electrons. The van der Waals surface area contributed by atoms with Crippen molar-refractivity contribution < 1.29 is 13.2 Å². The predicted octanol–water partition coefficient (Wildman–Crippen LogP) is 3.46. The zero-order valence-corrected chi connectivity index (χ0v) is 17.0. The van der Waals surface area contributed by atoms with Gasteiger partial charge < -0.3 is 9.55 Å². The van der Waals surface area contributed by atoms with E-state index in [1.165, 1.54) is 0 Å². The van der Waals surface area contributed by atoms with E-state index in [4.69, 9.17) is 0 Å². The van der Waals surface area contributed by atoms with Crippen molar-refractivity contribution in [1.82, 2.24) is 24.4 Å². The maximum atomic E-state index is 12.9. The fourth-order valence-electron chi connectivity index (χ4n) is 4.02. The van der Waals surface area contributed by atoms with E-state index in [1.54, 1.807) is 6.20 Å². The summed E-state index contributed by atoms with van der Waals surface area (Å²) in [6.07, 6.45) is -2.59. The van der Waals surface area contributed by atoms with Gasteiger partial charge in [0.05, 0.1) is 11.3 Å². The average molecular weight is 417 g/mol. The topological polar surface area (TPSA) is 66.8 Å². The first-order valence-corrected chi connectivity index (χ1v) is 9.66. The number of aryl methyl sites for hydroxylation is 2. The number of nitrogens with one attached hydrogen (secondary N) is 1. The monoisotopic (exact) mass is 417 g/mol. The summed E-state index contributed by atoms with van der Waals surface area (Å²) in [6.45, 7) is 7.44. The number of rotatable bonds is 3. The third-order valence-corrected chi connectivity index (χ3v) is 5.54. The third kappa shape index (κ3) is 3.65. The van der Waals surface area contributed by atoms with Crippen molar-refractivity contribution in [2.45, 2.75) is 46.5 Å². The third-order valence-electron chi connectivity index (χ3n) is 5.54. The minimum absolute atomic E-state index is 0.233. The normalized spacial score (nSPS) is 14.7. The van der Waals surface area contributed by atoms with E-state index in [2.05, 4.69) is 25.5 Å². The molecule has 4 rings (SSSR count). The van der Waals surface area contributed by atoms with Gasteiger partial charge in [0.15, 0.2) is 0 Å². The number of alkyl halides is 3. The van der Waals surface area contributed by atoms with Gasteiger partial charge in [-0.2, -0.15) is 13.2 Å². The highest BCUT2D eigenvalue weighted by Gasteiger charge is 2.36. The fraction of sp³-hybridized carbons (Fsp3) is 0.381. The first-order chi connectivity index (χ1) is 14.1. The van der Waals surface area contributed by atoms with E-state index in [0.29, 0.717) is 25.1 Å². The fourth-order valence-corrected chi connectivity index (χ4v) is 4.02. The summed E-state index contributed by atoms with van der Waals surface area (Å²) in [4.78, 5) is 24.3. The lowest BCUT2D eigenvalue weighted by Crippen LogP contribution is -2.36. The molecule has 0 spiro atoms. The summed E-state index contributed by atoms with van der Waals surface area (Å²) < 4.78 is 40.8. The molecule has 6 nitrogen and oxygen atoms in total. The highest BCUT2D eigenvalue weighted by Crippen LogP contribution is 2.28. The Kier molecular flexibility index (Phi) is 5.01. The van der Waals surface area contributed by atoms with Crippen molar-refractivity contribution in [3.63, 3.8) is 0 Å². The van der Waals surface area contributed by atoms with Crippen molar-refractivity contribution >= 4 is 0 Å². The number of nitrogens with zero attached hydrogens (tertiary/aromatic N) is 4. The molecule has 0 radical (unpaired) electrons. The van der Waals surface area contributed by atoms with E-state index in [9.17, 15) is 18.0 Å². The standard InChI is InChI=1S/C21H22F3N5O/c1-12-5-4-7-25-18(12)29-13(2)9-15(14(29)3)10-28-8-6-17-16(11-28)19(30)27-20(26-17)21(22,23)24/h4-5,7,9H,6,8,10-11H2,1-3H3,(H,26,27,30). The van der Waals surface area contributed by atoms with Gasteiger partial charge in [-0.1, -0.05) is 6.07 Å². The summed E-state index contributed by atoms with van der Waals surface area (Å²) in [5.74, 6) is -0.350. The molecule has 0 fully saturated rings. The van der Waals surface area contributed by atoms with Crippen LogP contribution in [-0.2, 0) is 25.7 Å². The first kappa shape index (κ1) is 20.3. The van der Waals surface area contributed by atoms with Gasteiger partial charge in [0.2, 0.25) is 5.82 Å². The van der Waals surface area contributed by atoms with E-state index < -0.39 is 17.6 Å². The molecular weight excluding hydrogens is 395 g/mol. The van der Waals surface area contributed by atoms with Crippen molar-refractivity contribution in [2.24, 2.45) is 0 Å². The van der Waals surface area contributed by atoms with Crippen LogP contribution in [-0.4, -0.2) is 31.0 Å². The van der Waals surface area contributed by atoms with Crippen LogP contribution in [0, 0.1) is 20.8 Å². The van der Waals surface area contributed by atoms with Crippen LogP contribution >= 0.6 is 0 Å². The molecule has 0 saturated heterocycles. The average Bonchev–Trinajstić information content (AvgIpc) is 2.95. The summed E-state index contributed by atoms with van der Waals surface area (Å²) in [5, 5.41) is 0. The van der Waals surface area contributed by atoms with Gasteiger partial charge in [0.25, 0.3) is 5.56 Å². The van der Waals surface area contributed by atoms with Gasteiger partial charge in [-0.3, -0.25) is 9.69 Å². The number of hydrogen-bond donors (Lipinski definition) is 1. The summed E-state index contributed by atoms with van der Waals surface area (Å²) in [5.41, 5.74) is 4.09. The Morgan fingerprint density at radius 1 is 1.23 bits per heavy atom. The second-order valence-electron chi connectivity index (χ2n) is 7.67. The minimum atomic E-state index is -4.66. The van der Waals surface area contributed by atoms with E-state index in [-0.39, 0.29) is 12.2 Å². The first-order valence-electron chi connectivity index (χ1n) is 9.66. The smallest absolute Gasteiger partial charge is 0.303 e. The Bertz CT molecular complexity index is 1160. The second-order valence-corrected chi connectivity index (χ2v) is 7.67. The van der Waals surface area contributed by atoms with Crippen LogP contribution in [0.15, 0.2) is 29.2 Å². The van der Waals surface area contributed by atoms with Crippen molar-refractivity contribution in [1.29, 1.82) is 0 Å². The molecule has 3 aromatic rings. The molecule has 1 aliphatic rings. The molecule has 0 atom stereocenters. The molecule has 1 N–H and O–H groups in total. The van der Waals surface area contributed by atoms with Crippen LogP contribution in [0.5, 0.6) is 0 Å². The maximum Gasteiger partial charge on any atom is 0.449 e. The van der Waals surface area contributed by atoms with Crippen LogP contribution in [0.2, 0.25) is 0 Å². The van der Waals surface area contributed by atoms with E-state index in [0.717, 1.165) is 28.3 Å². The minimum Gasteiger partial charge on any atom is -0.303 e. The lowest BCUT2D eigenvalue weighted by atomic mass is 10.1. The zero-order chi connectivity index (χ0) is 21.6. The number of pyridine rings is 1. The number of H-pyrrole nitrogens is 1. The summed E-state index contributed by atoms with van der Waals surface area (Å²) >= 11 is 0. The second kappa shape index (κ2) is 7.39. The molecule has 9 heteroatoms. The Morgan fingerprint density at radius 3 is 2.70 bits per heavy atom. The van der Waals surface area contributed by atoms with Crippen LogP contribution in [0.4, 0.5) is 13.2 Å². The molecule has 30 heavy (non-hydrogen) atoms. The highest BCUT2D eigenvalue weighted by molar-refractivity contribution is 5.41. The molecule has 0 amide bonds. The van der Waals surface area contributed by atoms with Gasteiger partial charge in [0, 0.05) is 43.6 Å². The predicted molar refractivity (Wildman–Crippen MR) is 105 cm³/mol. The lowest BCUT2D eigenvalue weighted by Gasteiger charge is -2.27. The molecule has 0 bridgehead atoms. The number of hydrogen-bond acceptors (Lipinski definition) is 4. The molecule has 1 aliphatic heterocycles. The molecule has 0 aliphatic carbocycles. The van der Waals surface area contributed by atoms with Gasteiger partial charge in [0.1, 0.15) is 5.82 Å². The highest BCUT2D eigenvalue weighted by atomic mass is 19.4. The molecular formula is C21H22F3N5O. The number of halogens is 3. The Hall–Kier alpha value is -2.94. The van der Waals surface area contributed by atoms with Crippen molar-refractivity contribution in [2.75, 3.05) is 6.54 Å². The van der Waals surface area contributed by atoms with Crippen molar-refractivity contribution in [3.8, 4) is 5.82 Å². The molecule has 3 aromatic heterocycles. The Balaban J connectivity index is 1.60. The number of aromatic amines is 1. The van der Waals surface area contributed by atoms with Gasteiger partial charge in [-0.15, -0.1) is 0 Å². The molecule has 0 unspecified atom stereocenters. The van der Waals surface area contributed by atoms with Gasteiger partial charge in [-0.25, -0.2) is 9.97 Å². The quantitative estimate of drug-likeness (QED) is 0.709. The SMILES string of the molecule is Cc1cccnc1-n1c(C)cc(CN2CCc3nc(C(F)(F)F)[nH]c(=O)c3C2)c1C. The molecule has 0 aromatic carbocycles. The van der Waals surface area contributed by atoms with Crippen LogP contribution in [0.3, 0.4) is 0 Å². The van der Waals surface area contributed by atoms with Gasteiger partial charge in [-0.05, 0) is 44.0 Å². The van der Waals surface area contributed by atoms with Crippen LogP contribution in [0.25, 0.3) is 5.82 Å². The summed E-state index contributed by atoms with van der Waals surface area (Å²) in [6, 6.07) is 6.00. The Morgan fingerprint density at radius 2 is 2.00 bits per heavy atom. The van der Waals surface area contributed by atoms with Gasteiger partial charge >= 0.3 is 6.18 Å². The Labute approximate surface area is 171 Å². The van der Waals surface area contributed by atoms with Crippen LogP contribution in [0.1, 0.15) is 39.6 Å². The zero-order valence-electron chi connectivity index (χ0n) is 17.0. The molecule has 0 saturated carbocycles. The maximum absolute atomic E-state index is 12.9. The molecule has 4 heterocycles. The summed E-state index contributed by atoms with van der Waals surface area (Å²) in [7, 11) is 0. The van der Waals surface area contributed by atoms with E-state index >= 15 is 0 Å². The number of fused-ring (bicyclic) bond motifs is 1.